The van der Waals surface area contributed by atoms with Crippen molar-refractivity contribution in [1.82, 2.24) is 0 Å². The molecule has 0 aliphatic carbocycles. The number of carbonyl (C=O) groups excluding carboxylic acids is 1. The molecule has 0 aromatic heterocycles. The molecule has 29 heavy (non-hydrogen) atoms. The molecular weight excluding hydrogens is 382 g/mol. The van der Waals surface area contributed by atoms with Gasteiger partial charge in [-0.05, 0) is 28.7 Å². The summed E-state index contributed by atoms with van der Waals surface area (Å²) >= 11 is 0. The second-order valence-electron chi connectivity index (χ2n) is 8.08. The summed E-state index contributed by atoms with van der Waals surface area (Å²) < 4.78 is 27.5. The lowest BCUT2D eigenvalue weighted by Crippen LogP contribution is -2.15. The van der Waals surface area contributed by atoms with Crippen molar-refractivity contribution in [2.75, 3.05) is 4.72 Å². The van der Waals surface area contributed by atoms with Crippen LogP contribution < -0.4 is 4.72 Å². The molecule has 0 spiro atoms. The third-order valence-corrected chi connectivity index (χ3v) is 5.87. The van der Waals surface area contributed by atoms with Crippen molar-refractivity contribution in [3.8, 4) is 0 Å². The fourth-order valence-corrected chi connectivity index (χ4v) is 4.21. The van der Waals surface area contributed by atoms with Crippen LogP contribution in [0.1, 0.15) is 47.8 Å². The molecule has 0 saturated heterocycles. The Morgan fingerprint density at radius 2 is 1.48 bits per heavy atom. The minimum atomic E-state index is -3.58. The van der Waals surface area contributed by atoms with Crippen molar-refractivity contribution in [2.24, 2.45) is 0 Å². The lowest BCUT2D eigenvalue weighted by Gasteiger charge is -2.19. The third kappa shape index (κ3) is 5.55. The molecular formula is C24H25NO3S. The Morgan fingerprint density at radius 1 is 0.828 bits per heavy atom. The van der Waals surface area contributed by atoms with E-state index in [0.29, 0.717) is 22.4 Å². The van der Waals surface area contributed by atoms with E-state index in [1.54, 1.807) is 48.5 Å². The number of ketones is 1. The van der Waals surface area contributed by atoms with Crippen molar-refractivity contribution >= 4 is 21.5 Å². The van der Waals surface area contributed by atoms with Crippen LogP contribution in [0.15, 0.2) is 78.9 Å². The van der Waals surface area contributed by atoms with Gasteiger partial charge in [0.15, 0.2) is 5.78 Å². The number of carbonyl (C=O) groups is 1. The number of hydrogen-bond acceptors (Lipinski definition) is 3. The molecule has 0 unspecified atom stereocenters. The van der Waals surface area contributed by atoms with Gasteiger partial charge in [0.25, 0.3) is 0 Å². The number of nitrogens with one attached hydrogen (secondary N) is 1. The largest absolute Gasteiger partial charge is 0.289 e. The van der Waals surface area contributed by atoms with Crippen molar-refractivity contribution in [3.63, 3.8) is 0 Å². The first kappa shape index (κ1) is 20.8. The molecule has 0 aliphatic heterocycles. The molecule has 0 heterocycles. The molecule has 0 bridgehead atoms. The normalized spacial score (nSPS) is 11.8. The Balaban J connectivity index is 1.77. The number of anilines is 1. The van der Waals surface area contributed by atoms with Crippen LogP contribution in [0.25, 0.3) is 0 Å². The van der Waals surface area contributed by atoms with Crippen molar-refractivity contribution in [3.05, 3.63) is 101 Å². The topological polar surface area (TPSA) is 63.2 Å². The van der Waals surface area contributed by atoms with Crippen LogP contribution in [0.2, 0.25) is 0 Å². The van der Waals surface area contributed by atoms with Crippen LogP contribution in [0.5, 0.6) is 0 Å². The minimum Gasteiger partial charge on any atom is -0.289 e. The highest BCUT2D eigenvalue weighted by molar-refractivity contribution is 7.91. The van der Waals surface area contributed by atoms with Gasteiger partial charge in [-0.15, -0.1) is 0 Å². The van der Waals surface area contributed by atoms with Crippen molar-refractivity contribution in [1.29, 1.82) is 0 Å². The summed E-state index contributed by atoms with van der Waals surface area (Å²) in [6, 6.07) is 23.1. The van der Waals surface area contributed by atoms with Gasteiger partial charge in [-0.3, -0.25) is 9.52 Å². The van der Waals surface area contributed by atoms with E-state index in [2.05, 4.69) is 25.5 Å². The predicted molar refractivity (Wildman–Crippen MR) is 118 cm³/mol. The molecule has 0 atom stereocenters. The van der Waals surface area contributed by atoms with Gasteiger partial charge in [0.05, 0.1) is 5.75 Å². The highest BCUT2D eigenvalue weighted by atomic mass is 32.2. The van der Waals surface area contributed by atoms with E-state index in [1.165, 1.54) is 0 Å². The summed E-state index contributed by atoms with van der Waals surface area (Å²) in [5.41, 5.74) is 3.25. The zero-order valence-corrected chi connectivity index (χ0v) is 17.7. The zero-order chi connectivity index (χ0) is 21.1. The first-order valence-electron chi connectivity index (χ1n) is 9.44. The van der Waals surface area contributed by atoms with Crippen LogP contribution in [0.3, 0.4) is 0 Å². The molecule has 0 aliphatic rings. The number of hydrogen-bond donors (Lipinski definition) is 1. The van der Waals surface area contributed by atoms with Crippen LogP contribution >= 0.6 is 0 Å². The summed E-state index contributed by atoms with van der Waals surface area (Å²) in [5.74, 6) is -0.269. The number of benzene rings is 3. The first-order chi connectivity index (χ1) is 13.6. The van der Waals surface area contributed by atoms with E-state index in [1.807, 2.05) is 30.3 Å². The Kier molecular flexibility index (Phi) is 5.89. The van der Waals surface area contributed by atoms with Gasteiger partial charge >= 0.3 is 0 Å². The van der Waals surface area contributed by atoms with E-state index < -0.39 is 10.0 Å². The molecule has 5 heteroatoms. The summed E-state index contributed by atoms with van der Waals surface area (Å²) in [4.78, 5) is 12.8. The summed E-state index contributed by atoms with van der Waals surface area (Å²) in [6.07, 6.45) is 0. The van der Waals surface area contributed by atoms with Gasteiger partial charge in [0.1, 0.15) is 0 Å². The van der Waals surface area contributed by atoms with E-state index >= 15 is 0 Å². The monoisotopic (exact) mass is 407 g/mol. The second-order valence-corrected chi connectivity index (χ2v) is 9.81. The van der Waals surface area contributed by atoms with Crippen LogP contribution in [0, 0.1) is 0 Å². The fourth-order valence-electron chi connectivity index (χ4n) is 3.02. The fraction of sp³-hybridized carbons (Fsp3) is 0.208. The highest BCUT2D eigenvalue weighted by Gasteiger charge is 2.16. The molecule has 1 N–H and O–H groups in total. The van der Waals surface area contributed by atoms with Gasteiger partial charge in [-0.1, -0.05) is 87.5 Å². The Labute approximate surface area is 172 Å². The van der Waals surface area contributed by atoms with Gasteiger partial charge in [-0.25, -0.2) is 8.42 Å². The van der Waals surface area contributed by atoms with E-state index in [4.69, 9.17) is 0 Å². The predicted octanol–water partition coefficient (Wildman–Crippen LogP) is 5.16. The van der Waals surface area contributed by atoms with Crippen LogP contribution in [-0.2, 0) is 21.2 Å². The molecule has 3 aromatic carbocycles. The quantitative estimate of drug-likeness (QED) is 0.574. The Bertz CT molecular complexity index is 1100. The highest BCUT2D eigenvalue weighted by Crippen LogP contribution is 2.23. The van der Waals surface area contributed by atoms with Gasteiger partial charge in [-0.2, -0.15) is 0 Å². The zero-order valence-electron chi connectivity index (χ0n) is 16.8. The van der Waals surface area contributed by atoms with Crippen molar-refractivity contribution < 1.29 is 13.2 Å². The average molecular weight is 408 g/mol. The standard InChI is InChI=1S/C24H25NO3S/c1-24(2,3)21-14-12-19(13-15-21)23(26)20-10-7-11-22(16-20)25-29(27,28)17-18-8-5-4-6-9-18/h4-16,25H,17H2,1-3H3. The second kappa shape index (κ2) is 8.21. The third-order valence-electron chi connectivity index (χ3n) is 4.61. The molecule has 150 valence electrons. The van der Waals surface area contributed by atoms with Crippen LogP contribution in [0.4, 0.5) is 5.69 Å². The van der Waals surface area contributed by atoms with Gasteiger partial charge in [0.2, 0.25) is 10.0 Å². The average Bonchev–Trinajstić information content (AvgIpc) is 2.67. The number of sulfonamides is 1. The molecule has 4 nitrogen and oxygen atoms in total. The maximum absolute atomic E-state index is 12.8. The van der Waals surface area contributed by atoms with Crippen molar-refractivity contribution in [2.45, 2.75) is 31.9 Å². The lowest BCUT2D eigenvalue weighted by atomic mass is 9.86. The summed E-state index contributed by atoms with van der Waals surface area (Å²) in [5, 5.41) is 0. The maximum Gasteiger partial charge on any atom is 0.236 e. The molecule has 0 fully saturated rings. The molecule has 0 amide bonds. The number of rotatable bonds is 6. The maximum atomic E-state index is 12.8. The Hall–Kier alpha value is -2.92. The molecule has 3 aromatic rings. The first-order valence-corrected chi connectivity index (χ1v) is 11.1. The SMILES string of the molecule is CC(C)(C)c1ccc(C(=O)c2cccc(NS(=O)(=O)Cc3ccccc3)c2)cc1. The molecule has 0 saturated carbocycles. The van der Waals surface area contributed by atoms with E-state index in [-0.39, 0.29) is 17.0 Å². The minimum absolute atomic E-state index is 0.0124. The summed E-state index contributed by atoms with van der Waals surface area (Å²) in [6.45, 7) is 6.36. The van der Waals surface area contributed by atoms with Gasteiger partial charge < -0.3 is 0 Å². The summed E-state index contributed by atoms with van der Waals surface area (Å²) in [7, 11) is -3.58. The van der Waals surface area contributed by atoms with E-state index in [9.17, 15) is 13.2 Å². The van der Waals surface area contributed by atoms with Gasteiger partial charge in [0, 0.05) is 16.8 Å². The lowest BCUT2D eigenvalue weighted by molar-refractivity contribution is 0.103. The molecule has 3 rings (SSSR count). The Morgan fingerprint density at radius 3 is 2.10 bits per heavy atom. The van der Waals surface area contributed by atoms with E-state index in [0.717, 1.165) is 5.56 Å². The molecule has 0 radical (unpaired) electrons. The smallest absolute Gasteiger partial charge is 0.236 e. The van der Waals surface area contributed by atoms with Crippen LogP contribution in [-0.4, -0.2) is 14.2 Å².